The first-order valence-corrected chi connectivity index (χ1v) is 10.7. The molecule has 2 bridgehead atoms. The number of esters is 1. The number of piperidine rings is 3. The topological polar surface area (TPSA) is 26.3 Å². The molecule has 3 fully saturated rings. The predicted molar refractivity (Wildman–Crippen MR) is 103 cm³/mol. The van der Waals surface area contributed by atoms with Gasteiger partial charge in [-0.3, -0.25) is 4.79 Å². The van der Waals surface area contributed by atoms with Crippen molar-refractivity contribution in [3.05, 3.63) is 57.4 Å². The van der Waals surface area contributed by atoms with Gasteiger partial charge < -0.3 is 9.22 Å². The molecule has 5 heterocycles. The van der Waals surface area contributed by atoms with Crippen molar-refractivity contribution in [2.75, 3.05) is 26.2 Å². The summed E-state index contributed by atoms with van der Waals surface area (Å²) in [4.78, 5) is 15.3. The van der Waals surface area contributed by atoms with Gasteiger partial charge in [-0.25, -0.2) is 0 Å². The quantitative estimate of drug-likeness (QED) is 0.429. The molecule has 5 heteroatoms. The maximum Gasteiger partial charge on any atom is 0.320 e. The Morgan fingerprint density at radius 1 is 1.24 bits per heavy atom. The van der Waals surface area contributed by atoms with Crippen molar-refractivity contribution in [2.45, 2.75) is 24.9 Å². The molecule has 0 aliphatic carbocycles. The Kier molecular flexibility index (Phi) is 4.80. The zero-order valence-electron chi connectivity index (χ0n) is 14.3. The molecule has 5 rings (SSSR count). The van der Waals surface area contributed by atoms with E-state index in [1.165, 1.54) is 13.1 Å². The van der Waals surface area contributed by atoms with Gasteiger partial charge in [0.05, 0.1) is 19.6 Å². The maximum atomic E-state index is 13.1. The van der Waals surface area contributed by atoms with Crippen molar-refractivity contribution in [3.63, 3.8) is 0 Å². The molecule has 25 heavy (non-hydrogen) atoms. The first-order chi connectivity index (χ1) is 12.2. The lowest BCUT2D eigenvalue weighted by Crippen LogP contribution is -2.64. The summed E-state index contributed by atoms with van der Waals surface area (Å²) in [6.45, 7) is 8.26. The van der Waals surface area contributed by atoms with E-state index in [9.17, 15) is 4.79 Å². The third-order valence-corrected chi connectivity index (χ3v) is 7.59. The highest BCUT2D eigenvalue weighted by molar-refractivity contribution is 7.11. The SMILES string of the molecule is C=CC[N+]12CCC(CC1)[C@@H](OC(=O)C(c1cccs1)c1cccs1)C2. The molecule has 0 radical (unpaired) electrons. The van der Waals surface area contributed by atoms with Crippen molar-refractivity contribution >= 4 is 28.6 Å². The second-order valence-electron chi connectivity index (χ2n) is 7.22. The number of quaternary nitrogens is 1. The molecule has 3 aliphatic rings. The molecule has 132 valence electrons. The second kappa shape index (κ2) is 7.06. The number of carbonyl (C=O) groups is 1. The van der Waals surface area contributed by atoms with E-state index in [-0.39, 0.29) is 18.0 Å². The van der Waals surface area contributed by atoms with Crippen molar-refractivity contribution in [1.29, 1.82) is 0 Å². The van der Waals surface area contributed by atoms with E-state index in [2.05, 4.69) is 6.58 Å². The van der Waals surface area contributed by atoms with Crippen LogP contribution in [0.2, 0.25) is 0 Å². The van der Waals surface area contributed by atoms with Crippen LogP contribution in [-0.4, -0.2) is 42.7 Å². The van der Waals surface area contributed by atoms with Crippen LogP contribution in [0, 0.1) is 5.92 Å². The summed E-state index contributed by atoms with van der Waals surface area (Å²) in [6.07, 6.45) is 4.39. The second-order valence-corrected chi connectivity index (χ2v) is 9.18. The number of hydrogen-bond donors (Lipinski definition) is 0. The van der Waals surface area contributed by atoms with Crippen LogP contribution in [0.1, 0.15) is 28.5 Å². The minimum Gasteiger partial charge on any atom is -0.455 e. The number of nitrogens with zero attached hydrogens (tertiary/aromatic N) is 1. The molecule has 0 saturated carbocycles. The maximum absolute atomic E-state index is 13.1. The Morgan fingerprint density at radius 2 is 1.88 bits per heavy atom. The standard InChI is InChI=1S/C20H24NO2S2/c1-2-9-21-10-7-15(8-11-21)16(14-21)23-20(22)19(17-5-3-12-24-17)18-6-4-13-25-18/h2-6,12-13,15-16,19H,1,7-11,14H2/q+1/t15?,16-,21?/m0/s1. The van der Waals surface area contributed by atoms with Gasteiger partial charge in [0, 0.05) is 28.5 Å². The lowest BCUT2D eigenvalue weighted by molar-refractivity contribution is -0.941. The Hall–Kier alpha value is -1.43. The van der Waals surface area contributed by atoms with Crippen LogP contribution in [0.25, 0.3) is 0 Å². The lowest BCUT2D eigenvalue weighted by Gasteiger charge is -2.51. The normalized spacial score (nSPS) is 28.2. The van der Waals surface area contributed by atoms with Crippen LogP contribution in [0.5, 0.6) is 0 Å². The first-order valence-electron chi connectivity index (χ1n) is 8.94. The smallest absolute Gasteiger partial charge is 0.320 e. The average molecular weight is 375 g/mol. The zero-order chi connectivity index (χ0) is 17.3. The van der Waals surface area contributed by atoms with E-state index in [1.807, 2.05) is 41.1 Å². The summed E-state index contributed by atoms with van der Waals surface area (Å²) in [7, 11) is 0. The minimum absolute atomic E-state index is 0.0531. The Bertz CT molecular complexity index is 681. The van der Waals surface area contributed by atoms with Gasteiger partial charge >= 0.3 is 5.97 Å². The number of rotatable bonds is 6. The van der Waals surface area contributed by atoms with E-state index in [0.29, 0.717) is 5.92 Å². The summed E-state index contributed by atoms with van der Waals surface area (Å²) in [5, 5.41) is 4.06. The number of thiophene rings is 2. The summed E-state index contributed by atoms with van der Waals surface area (Å²) >= 11 is 3.26. The highest BCUT2D eigenvalue weighted by Crippen LogP contribution is 2.38. The molecule has 2 aromatic heterocycles. The van der Waals surface area contributed by atoms with Crippen molar-refractivity contribution in [1.82, 2.24) is 0 Å². The lowest BCUT2D eigenvalue weighted by atomic mass is 9.83. The summed E-state index contributed by atoms with van der Waals surface area (Å²) in [6, 6.07) is 8.09. The van der Waals surface area contributed by atoms with Crippen LogP contribution in [0.15, 0.2) is 47.7 Å². The Labute approximate surface area is 157 Å². The largest absolute Gasteiger partial charge is 0.455 e. The van der Waals surface area contributed by atoms with Gasteiger partial charge in [0.1, 0.15) is 12.5 Å². The van der Waals surface area contributed by atoms with Crippen molar-refractivity contribution < 1.29 is 14.0 Å². The highest BCUT2D eigenvalue weighted by atomic mass is 32.1. The third kappa shape index (κ3) is 3.33. The third-order valence-electron chi connectivity index (χ3n) is 5.72. The molecule has 0 aromatic carbocycles. The Morgan fingerprint density at radius 3 is 2.40 bits per heavy atom. The number of hydrogen-bond acceptors (Lipinski definition) is 4. The van der Waals surface area contributed by atoms with Gasteiger partial charge in [0.15, 0.2) is 6.10 Å². The molecule has 3 nitrogen and oxygen atoms in total. The van der Waals surface area contributed by atoms with E-state index < -0.39 is 0 Å². The molecule has 2 aromatic rings. The van der Waals surface area contributed by atoms with Crippen LogP contribution >= 0.6 is 22.7 Å². The van der Waals surface area contributed by atoms with Crippen LogP contribution in [0.4, 0.5) is 0 Å². The van der Waals surface area contributed by atoms with Crippen LogP contribution in [-0.2, 0) is 9.53 Å². The summed E-state index contributed by atoms with van der Waals surface area (Å²) < 4.78 is 7.17. The molecule has 0 N–H and O–H groups in total. The van der Waals surface area contributed by atoms with E-state index in [0.717, 1.165) is 40.2 Å². The van der Waals surface area contributed by atoms with Gasteiger partial charge in [0.25, 0.3) is 0 Å². The fourth-order valence-corrected chi connectivity index (χ4v) is 6.12. The fraction of sp³-hybridized carbons (Fsp3) is 0.450. The summed E-state index contributed by atoms with van der Waals surface area (Å²) in [5.74, 6) is 0.171. The van der Waals surface area contributed by atoms with Crippen LogP contribution < -0.4 is 0 Å². The number of fused-ring (bicyclic) bond motifs is 3. The average Bonchev–Trinajstić information content (AvgIpc) is 3.31. The minimum atomic E-state index is -0.275. The molecule has 1 atom stereocenters. The van der Waals surface area contributed by atoms with Gasteiger partial charge in [-0.15, -0.1) is 22.7 Å². The first kappa shape index (κ1) is 17.0. The monoisotopic (exact) mass is 374 g/mol. The van der Waals surface area contributed by atoms with E-state index >= 15 is 0 Å². The number of carbonyl (C=O) groups excluding carboxylic acids is 1. The van der Waals surface area contributed by atoms with Crippen molar-refractivity contribution in [2.24, 2.45) is 5.92 Å². The number of ether oxygens (including phenoxy) is 1. The fourth-order valence-electron chi connectivity index (χ4n) is 4.39. The van der Waals surface area contributed by atoms with Gasteiger partial charge in [0.2, 0.25) is 0 Å². The summed E-state index contributed by atoms with van der Waals surface area (Å²) in [5.41, 5.74) is 0. The van der Waals surface area contributed by atoms with Gasteiger partial charge in [-0.05, 0) is 29.0 Å². The van der Waals surface area contributed by atoms with Crippen molar-refractivity contribution in [3.8, 4) is 0 Å². The Balaban J connectivity index is 1.53. The van der Waals surface area contributed by atoms with E-state index in [1.54, 1.807) is 22.7 Å². The molecular weight excluding hydrogens is 350 g/mol. The molecule has 0 amide bonds. The molecule has 0 unspecified atom stereocenters. The van der Waals surface area contributed by atoms with E-state index in [4.69, 9.17) is 4.74 Å². The molecule has 3 aliphatic heterocycles. The molecule has 0 spiro atoms. The molecular formula is C20H24NO2S2+. The van der Waals surface area contributed by atoms with Crippen LogP contribution in [0.3, 0.4) is 0 Å². The zero-order valence-corrected chi connectivity index (χ0v) is 15.9. The van der Waals surface area contributed by atoms with Gasteiger partial charge in [-0.2, -0.15) is 0 Å². The highest BCUT2D eigenvalue weighted by Gasteiger charge is 2.47. The predicted octanol–water partition coefficient (Wildman–Crippen LogP) is 4.28. The van der Waals surface area contributed by atoms with Gasteiger partial charge in [-0.1, -0.05) is 18.7 Å². The molecule has 3 saturated heterocycles.